The van der Waals surface area contributed by atoms with Crippen LogP contribution in [0.1, 0.15) is 0 Å². The van der Waals surface area contributed by atoms with E-state index in [4.69, 9.17) is 11.5 Å². The van der Waals surface area contributed by atoms with Gasteiger partial charge >= 0.3 is 6.03 Å². The zero-order chi connectivity index (χ0) is 7.72. The molecular formula is C4H8N4O2. The minimum Gasteiger partial charge on any atom is -0.368 e. The maximum Gasteiger partial charge on any atom is 0.329 e. The van der Waals surface area contributed by atoms with E-state index in [-0.39, 0.29) is 0 Å². The first-order valence-electron chi connectivity index (χ1n) is 2.74. The highest BCUT2D eigenvalue weighted by molar-refractivity contribution is 5.86. The number of urea groups is 1. The van der Waals surface area contributed by atoms with E-state index in [9.17, 15) is 9.59 Å². The highest BCUT2D eigenvalue weighted by Gasteiger charge is 2.34. The van der Waals surface area contributed by atoms with Crippen molar-refractivity contribution in [3.8, 4) is 0 Å². The number of rotatable bonds is 1. The Labute approximate surface area is 57.1 Å². The van der Waals surface area contributed by atoms with Gasteiger partial charge in [0, 0.05) is 6.54 Å². The minimum atomic E-state index is -0.685. The van der Waals surface area contributed by atoms with E-state index in [1.54, 1.807) is 0 Å². The van der Waals surface area contributed by atoms with Crippen molar-refractivity contribution in [2.45, 2.75) is 6.04 Å². The van der Waals surface area contributed by atoms with Crippen LogP contribution in [0.4, 0.5) is 4.79 Å². The number of hydrogen-bond acceptors (Lipinski definition) is 3. The van der Waals surface area contributed by atoms with Gasteiger partial charge < -0.3 is 11.5 Å². The second-order valence-corrected chi connectivity index (χ2v) is 1.99. The van der Waals surface area contributed by atoms with Crippen molar-refractivity contribution in [1.82, 2.24) is 10.4 Å². The quantitative estimate of drug-likeness (QED) is 0.387. The molecule has 0 saturated carbocycles. The van der Waals surface area contributed by atoms with Gasteiger partial charge in [0.2, 0.25) is 5.91 Å². The number of amides is 3. The van der Waals surface area contributed by atoms with Gasteiger partial charge in [0.25, 0.3) is 0 Å². The monoisotopic (exact) mass is 144 g/mol. The topological polar surface area (TPSA) is 101 Å². The van der Waals surface area contributed by atoms with Crippen LogP contribution in [0.2, 0.25) is 0 Å². The summed E-state index contributed by atoms with van der Waals surface area (Å²) in [7, 11) is 0. The average molecular weight is 144 g/mol. The van der Waals surface area contributed by atoms with Gasteiger partial charge in [0.15, 0.2) is 0 Å². The Morgan fingerprint density at radius 3 is 2.20 bits per heavy atom. The summed E-state index contributed by atoms with van der Waals surface area (Å²) in [4.78, 5) is 20.8. The number of carbonyl (C=O) groups excluding carboxylic acids is 2. The van der Waals surface area contributed by atoms with E-state index in [0.717, 1.165) is 5.01 Å². The van der Waals surface area contributed by atoms with Crippen molar-refractivity contribution in [3.63, 3.8) is 0 Å². The second-order valence-electron chi connectivity index (χ2n) is 1.99. The predicted molar refractivity (Wildman–Crippen MR) is 32.4 cm³/mol. The summed E-state index contributed by atoms with van der Waals surface area (Å²) in [6, 6.07) is -1.26. The van der Waals surface area contributed by atoms with Gasteiger partial charge in [-0.25, -0.2) is 15.2 Å². The van der Waals surface area contributed by atoms with Gasteiger partial charge in [-0.15, -0.1) is 0 Å². The van der Waals surface area contributed by atoms with Crippen LogP contribution in [0, 0.1) is 0 Å². The Balaban J connectivity index is 2.51. The van der Waals surface area contributed by atoms with Crippen LogP contribution < -0.4 is 16.9 Å². The molecular weight excluding hydrogens is 136 g/mol. The van der Waals surface area contributed by atoms with Gasteiger partial charge in [0.05, 0.1) is 0 Å². The maximum absolute atomic E-state index is 10.4. The third-order valence-corrected chi connectivity index (χ3v) is 1.33. The first kappa shape index (κ1) is 6.81. The molecule has 56 valence electrons. The Morgan fingerprint density at radius 2 is 2.10 bits per heavy atom. The molecule has 0 spiro atoms. The van der Waals surface area contributed by atoms with E-state index in [1.165, 1.54) is 0 Å². The summed E-state index contributed by atoms with van der Waals surface area (Å²) in [5, 5.41) is 1.00. The molecule has 0 bridgehead atoms. The van der Waals surface area contributed by atoms with Crippen LogP contribution in [0.15, 0.2) is 0 Å². The molecule has 6 heteroatoms. The van der Waals surface area contributed by atoms with Crippen molar-refractivity contribution >= 4 is 11.9 Å². The number of hydrogen-bond donors (Lipinski definition) is 3. The summed E-state index contributed by atoms with van der Waals surface area (Å²) >= 11 is 0. The molecule has 1 unspecified atom stereocenters. The van der Waals surface area contributed by atoms with Crippen LogP contribution in [-0.2, 0) is 4.79 Å². The van der Waals surface area contributed by atoms with Gasteiger partial charge in [-0.05, 0) is 0 Å². The lowest BCUT2D eigenvalue weighted by molar-refractivity contribution is -0.127. The van der Waals surface area contributed by atoms with Crippen LogP contribution in [0.25, 0.3) is 0 Å². The Bertz CT molecular complexity index is 160. The van der Waals surface area contributed by atoms with Crippen LogP contribution in [-0.4, -0.2) is 29.5 Å². The zero-order valence-electron chi connectivity index (χ0n) is 5.20. The standard InChI is InChI=1S/C4H8N4O2/c5-3(9)2-1-7-8(2)4(6)10/h2,7H,1H2,(H2,5,9)(H2,6,10). The SMILES string of the molecule is NC(=O)C1CNN1C(N)=O. The number of nitrogens with two attached hydrogens (primary N) is 2. The van der Waals surface area contributed by atoms with Gasteiger partial charge in [-0.3, -0.25) is 4.79 Å². The zero-order valence-corrected chi connectivity index (χ0v) is 5.20. The molecule has 1 atom stereocenters. The minimum absolute atomic E-state index is 0.387. The van der Waals surface area contributed by atoms with Crippen molar-refractivity contribution in [2.24, 2.45) is 11.5 Å². The largest absolute Gasteiger partial charge is 0.368 e. The van der Waals surface area contributed by atoms with E-state index < -0.39 is 18.0 Å². The normalized spacial score (nSPS) is 23.6. The lowest BCUT2D eigenvalue weighted by Gasteiger charge is -2.37. The van der Waals surface area contributed by atoms with E-state index in [0.29, 0.717) is 6.54 Å². The highest BCUT2D eigenvalue weighted by Crippen LogP contribution is 2.02. The maximum atomic E-state index is 10.4. The fraction of sp³-hybridized carbons (Fsp3) is 0.500. The number of primary amides is 2. The Morgan fingerprint density at radius 1 is 1.50 bits per heavy atom. The smallest absolute Gasteiger partial charge is 0.329 e. The molecule has 1 heterocycles. The molecule has 6 nitrogen and oxygen atoms in total. The third kappa shape index (κ3) is 0.883. The fourth-order valence-corrected chi connectivity index (χ4v) is 0.733. The van der Waals surface area contributed by atoms with Crippen molar-refractivity contribution < 1.29 is 9.59 Å². The summed E-state index contributed by atoms with van der Waals surface area (Å²) in [5.41, 5.74) is 12.3. The number of nitrogens with one attached hydrogen (secondary N) is 1. The molecule has 5 N–H and O–H groups in total. The van der Waals surface area contributed by atoms with Crippen LogP contribution in [0.5, 0.6) is 0 Å². The van der Waals surface area contributed by atoms with Crippen molar-refractivity contribution in [3.05, 3.63) is 0 Å². The highest BCUT2D eigenvalue weighted by atomic mass is 16.2. The van der Waals surface area contributed by atoms with Crippen LogP contribution >= 0.6 is 0 Å². The molecule has 3 amide bonds. The molecule has 1 fully saturated rings. The Kier molecular flexibility index (Phi) is 1.46. The number of carbonyl (C=O) groups is 2. The molecule has 0 aromatic carbocycles. The summed E-state index contributed by atoms with van der Waals surface area (Å²) in [6.07, 6.45) is 0. The third-order valence-electron chi connectivity index (χ3n) is 1.33. The van der Waals surface area contributed by atoms with Gasteiger partial charge in [0.1, 0.15) is 6.04 Å². The van der Waals surface area contributed by atoms with Gasteiger partial charge in [-0.2, -0.15) is 0 Å². The molecule has 1 saturated heterocycles. The molecule has 10 heavy (non-hydrogen) atoms. The lowest BCUT2D eigenvalue weighted by Crippen LogP contribution is -2.69. The van der Waals surface area contributed by atoms with E-state index in [2.05, 4.69) is 5.43 Å². The number of hydrazine groups is 1. The molecule has 1 aliphatic heterocycles. The second kappa shape index (κ2) is 2.14. The molecule has 0 radical (unpaired) electrons. The Hall–Kier alpha value is -1.30. The van der Waals surface area contributed by atoms with E-state index >= 15 is 0 Å². The first-order valence-corrected chi connectivity index (χ1v) is 2.74. The first-order chi connectivity index (χ1) is 4.63. The van der Waals surface area contributed by atoms with Crippen LogP contribution in [0.3, 0.4) is 0 Å². The fourth-order valence-electron chi connectivity index (χ4n) is 0.733. The van der Waals surface area contributed by atoms with Crippen molar-refractivity contribution in [2.75, 3.05) is 6.54 Å². The number of nitrogens with zero attached hydrogens (tertiary/aromatic N) is 1. The summed E-state index contributed by atoms with van der Waals surface area (Å²) < 4.78 is 0. The summed E-state index contributed by atoms with van der Waals surface area (Å²) in [5.74, 6) is -0.544. The average Bonchev–Trinajstić information content (AvgIpc) is 1.56. The molecule has 0 aliphatic carbocycles. The predicted octanol–water partition coefficient (Wildman–Crippen LogP) is -2.26. The van der Waals surface area contributed by atoms with Crippen molar-refractivity contribution in [1.29, 1.82) is 0 Å². The lowest BCUT2D eigenvalue weighted by atomic mass is 10.2. The van der Waals surface area contributed by atoms with Gasteiger partial charge in [-0.1, -0.05) is 0 Å². The molecule has 1 rings (SSSR count). The molecule has 0 aromatic rings. The molecule has 1 aliphatic rings. The molecule has 0 aromatic heterocycles. The van der Waals surface area contributed by atoms with E-state index in [1.807, 2.05) is 0 Å². The summed E-state index contributed by atoms with van der Waals surface area (Å²) in [6.45, 7) is 0.387.